The summed E-state index contributed by atoms with van der Waals surface area (Å²) in [6.45, 7) is 2.55. The fourth-order valence-corrected chi connectivity index (χ4v) is 2.75. The number of rotatable bonds is 6. The minimum absolute atomic E-state index is 0.149. The van der Waals surface area contributed by atoms with Crippen molar-refractivity contribution in [3.05, 3.63) is 20.8 Å². The summed E-state index contributed by atoms with van der Waals surface area (Å²) >= 11 is 0. The highest BCUT2D eigenvalue weighted by Gasteiger charge is 2.26. The van der Waals surface area contributed by atoms with Crippen LogP contribution in [0.3, 0.4) is 0 Å². The third-order valence-electron chi connectivity index (χ3n) is 4.04. The van der Waals surface area contributed by atoms with Gasteiger partial charge in [-0.1, -0.05) is 13.3 Å². The third kappa shape index (κ3) is 3.47. The Hall–Kier alpha value is -1.76. The molecule has 1 aromatic heterocycles. The summed E-state index contributed by atoms with van der Waals surface area (Å²) in [6, 6.07) is 0.149. The van der Waals surface area contributed by atoms with Gasteiger partial charge in [0.15, 0.2) is 0 Å². The minimum Gasteiger partial charge on any atom is -0.383 e. The van der Waals surface area contributed by atoms with Crippen molar-refractivity contribution in [3.63, 3.8) is 0 Å². The normalized spacial score (nSPS) is 21.6. The first kappa shape index (κ1) is 15.6. The van der Waals surface area contributed by atoms with E-state index in [0.29, 0.717) is 12.2 Å². The molecule has 118 valence electrons. The second-order valence-electron chi connectivity index (χ2n) is 5.54. The summed E-state index contributed by atoms with van der Waals surface area (Å²) in [5.41, 5.74) is 5.42. The maximum Gasteiger partial charge on any atom is 0.330 e. The Morgan fingerprint density at radius 2 is 2.19 bits per heavy atom. The van der Waals surface area contributed by atoms with Gasteiger partial charge in [0.05, 0.1) is 6.10 Å². The topological polar surface area (TPSA) is 102 Å². The van der Waals surface area contributed by atoms with Crippen LogP contribution in [0.4, 0.5) is 11.5 Å². The van der Waals surface area contributed by atoms with Gasteiger partial charge in [-0.3, -0.25) is 14.3 Å². The van der Waals surface area contributed by atoms with Gasteiger partial charge in [0.25, 0.3) is 5.56 Å². The number of ether oxygens (including phenoxy) is 1. The number of hydrogen-bond acceptors (Lipinski definition) is 5. The van der Waals surface area contributed by atoms with E-state index in [1.807, 2.05) is 6.92 Å². The van der Waals surface area contributed by atoms with Crippen LogP contribution in [0.15, 0.2) is 9.59 Å². The van der Waals surface area contributed by atoms with Crippen LogP contribution in [-0.4, -0.2) is 28.8 Å². The van der Waals surface area contributed by atoms with E-state index in [1.54, 1.807) is 7.11 Å². The first-order chi connectivity index (χ1) is 10.1. The molecule has 0 amide bonds. The highest BCUT2D eigenvalue weighted by molar-refractivity contribution is 5.61. The zero-order chi connectivity index (χ0) is 15.4. The molecule has 4 N–H and O–H groups in total. The van der Waals surface area contributed by atoms with E-state index in [2.05, 4.69) is 10.3 Å². The largest absolute Gasteiger partial charge is 0.383 e. The van der Waals surface area contributed by atoms with Crippen molar-refractivity contribution in [3.8, 4) is 0 Å². The van der Waals surface area contributed by atoms with Crippen molar-refractivity contribution in [1.29, 1.82) is 0 Å². The van der Waals surface area contributed by atoms with Gasteiger partial charge in [0, 0.05) is 19.7 Å². The van der Waals surface area contributed by atoms with Crippen LogP contribution in [0.25, 0.3) is 0 Å². The molecule has 7 nitrogen and oxygen atoms in total. The van der Waals surface area contributed by atoms with E-state index in [9.17, 15) is 9.59 Å². The first-order valence-corrected chi connectivity index (χ1v) is 7.48. The predicted octanol–water partition coefficient (Wildman–Crippen LogP) is 0.898. The van der Waals surface area contributed by atoms with Crippen LogP contribution in [0.5, 0.6) is 0 Å². The molecule has 0 radical (unpaired) electrons. The zero-order valence-corrected chi connectivity index (χ0v) is 12.6. The fraction of sp³-hybridized carbons (Fsp3) is 0.714. The molecular weight excluding hydrogens is 272 g/mol. The Balaban J connectivity index is 2.23. The molecule has 0 bridgehead atoms. The lowest BCUT2D eigenvalue weighted by Gasteiger charge is -2.17. The Morgan fingerprint density at radius 1 is 1.43 bits per heavy atom. The van der Waals surface area contributed by atoms with E-state index >= 15 is 0 Å². The molecule has 1 aliphatic carbocycles. The SMILES string of the molecule is CCCCn1c(N)c(NC2CCC(OC)C2)c(=O)[nH]c1=O. The van der Waals surface area contributed by atoms with Crippen LogP contribution in [0.2, 0.25) is 0 Å². The van der Waals surface area contributed by atoms with Gasteiger partial charge >= 0.3 is 5.69 Å². The lowest BCUT2D eigenvalue weighted by atomic mass is 10.2. The number of anilines is 2. The minimum atomic E-state index is -0.453. The molecule has 21 heavy (non-hydrogen) atoms. The molecular formula is C14H24N4O3. The number of H-pyrrole nitrogens is 1. The van der Waals surface area contributed by atoms with Gasteiger partial charge in [-0.2, -0.15) is 0 Å². The fourth-order valence-electron chi connectivity index (χ4n) is 2.75. The molecule has 0 aliphatic heterocycles. The van der Waals surface area contributed by atoms with Crippen molar-refractivity contribution >= 4 is 11.5 Å². The first-order valence-electron chi connectivity index (χ1n) is 7.48. The van der Waals surface area contributed by atoms with Crippen LogP contribution < -0.4 is 22.3 Å². The standard InChI is InChI=1S/C14H24N4O3/c1-3-4-7-18-12(15)11(13(19)17-14(18)20)16-9-5-6-10(8-9)21-2/h9-10,16H,3-8,15H2,1-2H3,(H,17,19,20). The van der Waals surface area contributed by atoms with Crippen LogP contribution in [0, 0.1) is 0 Å². The maximum absolute atomic E-state index is 12.0. The highest BCUT2D eigenvalue weighted by Crippen LogP contribution is 2.25. The molecule has 1 aromatic rings. The number of nitrogens with two attached hydrogens (primary N) is 1. The smallest absolute Gasteiger partial charge is 0.330 e. The number of unbranched alkanes of at least 4 members (excludes halogenated alkanes) is 1. The summed E-state index contributed by atoms with van der Waals surface area (Å²) in [5.74, 6) is 0.220. The van der Waals surface area contributed by atoms with Gasteiger partial charge in [0.2, 0.25) is 0 Å². The van der Waals surface area contributed by atoms with Crippen molar-refractivity contribution < 1.29 is 4.74 Å². The van der Waals surface area contributed by atoms with E-state index in [-0.39, 0.29) is 18.0 Å². The Labute approximate surface area is 123 Å². The molecule has 1 saturated carbocycles. The molecule has 1 fully saturated rings. The van der Waals surface area contributed by atoms with Crippen molar-refractivity contribution in [1.82, 2.24) is 9.55 Å². The Morgan fingerprint density at radius 3 is 2.81 bits per heavy atom. The number of hydrogen-bond donors (Lipinski definition) is 3. The quantitative estimate of drug-likeness (QED) is 0.724. The Kier molecular flexibility index (Phi) is 5.06. The molecule has 2 atom stereocenters. The van der Waals surface area contributed by atoms with Gasteiger partial charge in [-0.05, 0) is 25.7 Å². The monoisotopic (exact) mass is 296 g/mol. The number of aromatic amines is 1. The Bertz CT molecular complexity index is 593. The number of aromatic nitrogens is 2. The number of nitrogens with one attached hydrogen (secondary N) is 2. The molecule has 0 saturated heterocycles. The van der Waals surface area contributed by atoms with Crippen LogP contribution in [0.1, 0.15) is 39.0 Å². The summed E-state index contributed by atoms with van der Waals surface area (Å²) in [4.78, 5) is 26.2. The van der Waals surface area contributed by atoms with Crippen molar-refractivity contribution in [2.24, 2.45) is 0 Å². The number of nitrogen functional groups attached to an aromatic ring is 1. The van der Waals surface area contributed by atoms with Gasteiger partial charge in [0.1, 0.15) is 11.5 Å². The average Bonchev–Trinajstić information content (AvgIpc) is 2.91. The van der Waals surface area contributed by atoms with E-state index in [4.69, 9.17) is 10.5 Å². The zero-order valence-electron chi connectivity index (χ0n) is 12.6. The van der Waals surface area contributed by atoms with Gasteiger partial charge in [-0.25, -0.2) is 4.79 Å². The summed E-state index contributed by atoms with van der Waals surface area (Å²) in [5, 5.41) is 3.18. The predicted molar refractivity (Wildman–Crippen MR) is 82.7 cm³/mol. The molecule has 0 spiro atoms. The van der Waals surface area contributed by atoms with Crippen LogP contribution in [-0.2, 0) is 11.3 Å². The molecule has 2 rings (SSSR count). The maximum atomic E-state index is 12.0. The van der Waals surface area contributed by atoms with E-state index in [1.165, 1.54) is 4.57 Å². The molecule has 7 heteroatoms. The van der Waals surface area contributed by atoms with Gasteiger partial charge < -0.3 is 15.8 Å². The number of nitrogens with zero attached hydrogens (tertiary/aromatic N) is 1. The third-order valence-corrected chi connectivity index (χ3v) is 4.04. The van der Waals surface area contributed by atoms with Crippen molar-refractivity contribution in [2.75, 3.05) is 18.2 Å². The van der Waals surface area contributed by atoms with Gasteiger partial charge in [-0.15, -0.1) is 0 Å². The second kappa shape index (κ2) is 6.80. The second-order valence-corrected chi connectivity index (χ2v) is 5.54. The average molecular weight is 296 g/mol. The molecule has 0 aromatic carbocycles. The summed E-state index contributed by atoms with van der Waals surface area (Å²) in [6.07, 6.45) is 4.72. The molecule has 1 aliphatic rings. The summed E-state index contributed by atoms with van der Waals surface area (Å²) < 4.78 is 6.75. The van der Waals surface area contributed by atoms with E-state index < -0.39 is 11.2 Å². The van der Waals surface area contributed by atoms with E-state index in [0.717, 1.165) is 32.1 Å². The summed E-state index contributed by atoms with van der Waals surface area (Å²) in [7, 11) is 1.69. The lowest BCUT2D eigenvalue weighted by molar-refractivity contribution is 0.108. The number of methoxy groups -OCH3 is 1. The highest BCUT2D eigenvalue weighted by atomic mass is 16.5. The van der Waals surface area contributed by atoms with Crippen molar-refractivity contribution in [2.45, 2.75) is 57.7 Å². The lowest BCUT2D eigenvalue weighted by Crippen LogP contribution is -2.35. The molecule has 1 heterocycles. The van der Waals surface area contributed by atoms with Crippen LogP contribution >= 0.6 is 0 Å². The molecule has 2 unspecified atom stereocenters.